The van der Waals surface area contributed by atoms with Crippen LogP contribution < -0.4 is 16.0 Å². The zero-order valence-electron chi connectivity index (χ0n) is 20.9. The van der Waals surface area contributed by atoms with Crippen molar-refractivity contribution < 1.29 is 23.8 Å². The molecular weight excluding hydrogens is 482 g/mol. The van der Waals surface area contributed by atoms with Crippen molar-refractivity contribution in [3.63, 3.8) is 0 Å². The normalized spacial score (nSPS) is 17.1. The quantitative estimate of drug-likeness (QED) is 0.369. The predicted molar refractivity (Wildman–Crippen MR) is 139 cm³/mol. The molecule has 2 amide bonds. The van der Waals surface area contributed by atoms with E-state index in [2.05, 4.69) is 20.7 Å². The summed E-state index contributed by atoms with van der Waals surface area (Å²) in [5.41, 5.74) is 2.22. The second kappa shape index (κ2) is 14.8. The van der Waals surface area contributed by atoms with Gasteiger partial charge in [-0.2, -0.15) is 0 Å². The summed E-state index contributed by atoms with van der Waals surface area (Å²) >= 11 is 6.24. The molecule has 0 bridgehead atoms. The Bertz CT molecular complexity index is 983. The number of amides is 2. The van der Waals surface area contributed by atoms with Gasteiger partial charge in [0.2, 0.25) is 0 Å². The highest BCUT2D eigenvalue weighted by molar-refractivity contribution is 6.30. The fourth-order valence-corrected chi connectivity index (χ4v) is 4.60. The lowest BCUT2D eigenvalue weighted by Crippen LogP contribution is -2.43. The van der Waals surface area contributed by atoms with Crippen molar-refractivity contribution in [2.24, 2.45) is 5.92 Å². The molecule has 1 unspecified atom stereocenters. The number of likely N-dealkylation sites (N-methyl/N-ethyl adjacent to an activating group) is 1. The van der Waals surface area contributed by atoms with Crippen LogP contribution >= 0.6 is 11.6 Å². The number of carbonyl (C=O) groups is 2. The van der Waals surface area contributed by atoms with Crippen molar-refractivity contribution in [2.75, 3.05) is 47.1 Å². The van der Waals surface area contributed by atoms with Crippen molar-refractivity contribution in [3.8, 4) is 0 Å². The molecule has 1 fully saturated rings. The van der Waals surface area contributed by atoms with Gasteiger partial charge >= 0.3 is 6.09 Å². The van der Waals surface area contributed by atoms with E-state index in [1.807, 2.05) is 43.4 Å². The summed E-state index contributed by atoms with van der Waals surface area (Å²) in [5, 5.41) is 9.57. The van der Waals surface area contributed by atoms with Gasteiger partial charge < -0.3 is 30.2 Å². The molecule has 8 nitrogen and oxygen atoms in total. The van der Waals surface area contributed by atoms with Gasteiger partial charge in [0.05, 0.1) is 13.7 Å². The van der Waals surface area contributed by atoms with E-state index >= 15 is 0 Å². The van der Waals surface area contributed by atoms with Gasteiger partial charge in [0.1, 0.15) is 6.10 Å². The third-order valence-electron chi connectivity index (χ3n) is 6.10. The summed E-state index contributed by atoms with van der Waals surface area (Å²) in [5.74, 6) is 0.314. The molecule has 0 spiro atoms. The second-order valence-corrected chi connectivity index (χ2v) is 9.33. The Kier molecular flexibility index (Phi) is 11.5. The van der Waals surface area contributed by atoms with Gasteiger partial charge in [-0.15, -0.1) is 0 Å². The lowest BCUT2D eigenvalue weighted by Gasteiger charge is -2.27. The maximum Gasteiger partial charge on any atom is 0.406 e. The zero-order valence-corrected chi connectivity index (χ0v) is 21.7. The van der Waals surface area contributed by atoms with E-state index in [0.29, 0.717) is 23.0 Å². The molecule has 3 atom stereocenters. The molecule has 0 aliphatic carbocycles. The molecule has 1 aliphatic rings. The summed E-state index contributed by atoms with van der Waals surface area (Å²) < 4.78 is 16.4. The van der Waals surface area contributed by atoms with Gasteiger partial charge in [-0.1, -0.05) is 35.9 Å². The first-order valence-electron chi connectivity index (χ1n) is 12.3. The van der Waals surface area contributed by atoms with E-state index in [-0.39, 0.29) is 25.1 Å². The third kappa shape index (κ3) is 8.78. The first-order chi connectivity index (χ1) is 17.5. The smallest absolute Gasteiger partial charge is 0.406 e. The van der Waals surface area contributed by atoms with Crippen LogP contribution in [0.4, 0.5) is 4.79 Å². The first-order valence-corrected chi connectivity index (χ1v) is 12.7. The minimum absolute atomic E-state index is 0.00206. The maximum atomic E-state index is 13.2. The molecule has 1 saturated heterocycles. The summed E-state index contributed by atoms with van der Waals surface area (Å²) in [4.78, 5) is 24.6. The molecule has 0 saturated carbocycles. The fourth-order valence-electron chi connectivity index (χ4n) is 4.40. The van der Waals surface area contributed by atoms with Crippen LogP contribution in [0, 0.1) is 5.92 Å². The topological polar surface area (TPSA) is 97.9 Å². The van der Waals surface area contributed by atoms with Crippen molar-refractivity contribution >= 4 is 23.6 Å². The van der Waals surface area contributed by atoms with E-state index in [1.165, 1.54) is 7.11 Å². The van der Waals surface area contributed by atoms with E-state index in [1.54, 1.807) is 12.1 Å². The van der Waals surface area contributed by atoms with Crippen LogP contribution in [0.2, 0.25) is 5.02 Å². The number of halogens is 1. The van der Waals surface area contributed by atoms with E-state index < -0.39 is 12.2 Å². The highest BCUT2D eigenvalue weighted by Gasteiger charge is 2.22. The molecule has 1 heterocycles. The summed E-state index contributed by atoms with van der Waals surface area (Å²) in [6.45, 7) is 2.77. The van der Waals surface area contributed by atoms with Crippen LogP contribution in [-0.4, -0.2) is 65.1 Å². The molecule has 2 aromatic carbocycles. The zero-order chi connectivity index (χ0) is 25.8. The van der Waals surface area contributed by atoms with Crippen LogP contribution in [0.15, 0.2) is 48.5 Å². The monoisotopic (exact) mass is 517 g/mol. The SMILES string of the molecule is CNC[C@H](C[C@H]1CCCOC1)NC(=O)c1cccc(C(OCCNC(=O)OC)c2cccc(Cl)c2)c1. The Hall–Kier alpha value is -2.65. The van der Waals surface area contributed by atoms with Gasteiger partial charge in [-0.05, 0) is 67.6 Å². The number of methoxy groups -OCH3 is 1. The highest BCUT2D eigenvalue weighted by atomic mass is 35.5. The Morgan fingerprint density at radius 2 is 1.94 bits per heavy atom. The number of rotatable bonds is 12. The molecule has 2 aromatic rings. The van der Waals surface area contributed by atoms with Crippen molar-refractivity contribution in [2.45, 2.75) is 31.4 Å². The number of hydrogen-bond donors (Lipinski definition) is 3. The summed E-state index contributed by atoms with van der Waals surface area (Å²) in [6.07, 6.45) is 2.06. The molecule has 9 heteroatoms. The lowest BCUT2D eigenvalue weighted by atomic mass is 9.94. The Morgan fingerprint density at radius 1 is 1.17 bits per heavy atom. The van der Waals surface area contributed by atoms with Gasteiger partial charge in [0.25, 0.3) is 5.91 Å². The minimum atomic E-state index is -0.521. The van der Waals surface area contributed by atoms with E-state index in [4.69, 9.17) is 21.1 Å². The third-order valence-corrected chi connectivity index (χ3v) is 6.34. The number of benzene rings is 2. The van der Waals surface area contributed by atoms with Gasteiger partial charge in [0.15, 0.2) is 0 Å². The Morgan fingerprint density at radius 3 is 2.64 bits per heavy atom. The first kappa shape index (κ1) is 27.9. The van der Waals surface area contributed by atoms with Crippen LogP contribution in [-0.2, 0) is 14.2 Å². The molecule has 1 aliphatic heterocycles. The van der Waals surface area contributed by atoms with Crippen LogP contribution in [0.3, 0.4) is 0 Å². The highest BCUT2D eigenvalue weighted by Crippen LogP contribution is 2.28. The molecule has 3 N–H and O–H groups in total. The van der Waals surface area contributed by atoms with Crippen molar-refractivity contribution in [3.05, 3.63) is 70.2 Å². The minimum Gasteiger partial charge on any atom is -0.453 e. The number of nitrogens with one attached hydrogen (secondary N) is 3. The molecular formula is C27H36ClN3O5. The van der Waals surface area contributed by atoms with E-state index in [0.717, 1.165) is 43.6 Å². The number of carbonyl (C=O) groups excluding carboxylic acids is 2. The average molecular weight is 518 g/mol. The van der Waals surface area contributed by atoms with Crippen molar-refractivity contribution in [1.82, 2.24) is 16.0 Å². The van der Waals surface area contributed by atoms with Crippen LogP contribution in [0.1, 0.15) is 46.9 Å². The van der Waals surface area contributed by atoms with Gasteiger partial charge in [-0.3, -0.25) is 4.79 Å². The lowest BCUT2D eigenvalue weighted by molar-refractivity contribution is 0.0470. The Balaban J connectivity index is 1.73. The fraction of sp³-hybridized carbons (Fsp3) is 0.481. The summed E-state index contributed by atoms with van der Waals surface area (Å²) in [7, 11) is 3.20. The largest absolute Gasteiger partial charge is 0.453 e. The second-order valence-electron chi connectivity index (χ2n) is 8.90. The molecule has 3 rings (SSSR count). The standard InChI is InChI=1S/C27H36ClN3O5/c1-29-17-24(14-19-6-5-12-35-18-19)31-26(32)22-9-3-7-20(15-22)25(21-8-4-10-23(28)16-21)36-13-11-30-27(33)34-2/h3-4,7-10,15-16,19,24-25,29H,5-6,11-14,17-18H2,1-2H3,(H,30,33)(H,31,32)/t19-,24+,25?/m1/s1. The molecule has 36 heavy (non-hydrogen) atoms. The number of alkyl carbamates (subject to hydrolysis) is 1. The maximum absolute atomic E-state index is 13.2. The Labute approximate surface area is 218 Å². The van der Waals surface area contributed by atoms with Crippen LogP contribution in [0.5, 0.6) is 0 Å². The average Bonchev–Trinajstić information content (AvgIpc) is 2.89. The summed E-state index contributed by atoms with van der Waals surface area (Å²) in [6, 6.07) is 14.8. The molecule has 196 valence electrons. The number of hydrogen-bond acceptors (Lipinski definition) is 6. The van der Waals surface area contributed by atoms with Crippen LogP contribution in [0.25, 0.3) is 0 Å². The van der Waals surface area contributed by atoms with Gasteiger partial charge in [0, 0.05) is 42.9 Å². The molecule has 0 aromatic heterocycles. The van der Waals surface area contributed by atoms with E-state index in [9.17, 15) is 9.59 Å². The predicted octanol–water partition coefficient (Wildman–Crippen LogP) is 3.94. The number of ether oxygens (including phenoxy) is 3. The van der Waals surface area contributed by atoms with Crippen molar-refractivity contribution in [1.29, 1.82) is 0 Å². The molecule has 0 radical (unpaired) electrons. The van der Waals surface area contributed by atoms with Gasteiger partial charge in [-0.25, -0.2) is 4.79 Å².